The topological polar surface area (TPSA) is 116 Å². The molecule has 0 heterocycles. The normalized spacial score (nSPS) is 12.9. The summed E-state index contributed by atoms with van der Waals surface area (Å²) in [5.41, 5.74) is 4.30. The third-order valence-electron chi connectivity index (χ3n) is 2.93. The lowest BCUT2D eigenvalue weighted by Gasteiger charge is -2.08. The van der Waals surface area contributed by atoms with Crippen LogP contribution < -0.4 is 21.5 Å². The van der Waals surface area contributed by atoms with Gasteiger partial charge in [-0.1, -0.05) is 17.7 Å². The fraction of sp³-hybridized carbons (Fsp3) is 0.286. The highest BCUT2D eigenvalue weighted by atomic mass is 35.5. The number of hydrogen-bond donors (Lipinski definition) is 4. The highest BCUT2D eigenvalue weighted by Crippen LogP contribution is 2.18. The van der Waals surface area contributed by atoms with E-state index in [-0.39, 0.29) is 12.6 Å². The molecule has 0 unspecified atom stereocenters. The molecule has 1 aromatic rings. The number of benzene rings is 1. The summed E-state index contributed by atoms with van der Waals surface area (Å²) < 4.78 is 0. The Morgan fingerprint density at radius 2 is 1.83 bits per heavy atom. The van der Waals surface area contributed by atoms with E-state index in [2.05, 4.69) is 10.6 Å². The maximum Gasteiger partial charge on any atom is 0.327 e. The number of carbonyl (C=O) groups excluding carboxylic acids is 4. The standard InChI is InChI=1S/C14H15ClN4O4/c15-9-3-1-2-8(6-9)12(21)16-7-11(20)18-19-14(23)13(22)17-10-4-5-10/h1-3,6,10H,4-5,7H2,(H,16,21)(H,17,22)(H,18,20)(H,19,23). The zero-order valence-corrected chi connectivity index (χ0v) is 12.8. The van der Waals surface area contributed by atoms with Crippen LogP contribution in [0.4, 0.5) is 0 Å². The van der Waals surface area contributed by atoms with Gasteiger partial charge in [-0.25, -0.2) is 0 Å². The quantitative estimate of drug-likeness (QED) is 0.437. The minimum atomic E-state index is -0.966. The summed E-state index contributed by atoms with van der Waals surface area (Å²) in [4.78, 5) is 46.0. The zero-order chi connectivity index (χ0) is 16.8. The fourth-order valence-electron chi connectivity index (χ4n) is 1.60. The van der Waals surface area contributed by atoms with Gasteiger partial charge in [0.15, 0.2) is 0 Å². The van der Waals surface area contributed by atoms with Crippen molar-refractivity contribution >= 4 is 35.2 Å². The Kier molecular flexibility index (Phi) is 5.53. The Hall–Kier alpha value is -2.61. The summed E-state index contributed by atoms with van der Waals surface area (Å²) >= 11 is 5.76. The van der Waals surface area contributed by atoms with Crippen molar-refractivity contribution in [3.05, 3.63) is 34.9 Å². The average molecular weight is 339 g/mol. The van der Waals surface area contributed by atoms with E-state index in [0.717, 1.165) is 12.8 Å². The van der Waals surface area contributed by atoms with E-state index in [9.17, 15) is 19.2 Å². The monoisotopic (exact) mass is 338 g/mol. The van der Waals surface area contributed by atoms with Crippen molar-refractivity contribution in [3.8, 4) is 0 Å². The maximum atomic E-state index is 11.8. The first kappa shape index (κ1) is 16.8. The Balaban J connectivity index is 1.69. The summed E-state index contributed by atoms with van der Waals surface area (Å²) in [5.74, 6) is -2.93. The molecule has 122 valence electrons. The van der Waals surface area contributed by atoms with Crippen LogP contribution in [0.1, 0.15) is 23.2 Å². The van der Waals surface area contributed by atoms with Gasteiger partial charge < -0.3 is 10.6 Å². The Morgan fingerprint density at radius 3 is 2.48 bits per heavy atom. The van der Waals surface area contributed by atoms with Gasteiger partial charge in [0.1, 0.15) is 0 Å². The van der Waals surface area contributed by atoms with Crippen LogP contribution in [0, 0.1) is 0 Å². The van der Waals surface area contributed by atoms with Gasteiger partial charge >= 0.3 is 11.8 Å². The van der Waals surface area contributed by atoms with Crippen LogP contribution in [-0.2, 0) is 14.4 Å². The van der Waals surface area contributed by atoms with Crippen LogP contribution in [0.2, 0.25) is 5.02 Å². The van der Waals surface area contributed by atoms with Crippen molar-refractivity contribution in [1.82, 2.24) is 21.5 Å². The SMILES string of the molecule is O=C(CNC(=O)c1cccc(Cl)c1)NNC(=O)C(=O)NC1CC1. The molecule has 2 rings (SSSR count). The van der Waals surface area contributed by atoms with Crippen molar-refractivity contribution in [2.45, 2.75) is 18.9 Å². The second-order valence-corrected chi connectivity index (χ2v) is 5.38. The number of hydrogen-bond acceptors (Lipinski definition) is 4. The van der Waals surface area contributed by atoms with E-state index in [1.54, 1.807) is 18.2 Å². The van der Waals surface area contributed by atoms with E-state index in [1.807, 2.05) is 10.9 Å². The highest BCUT2D eigenvalue weighted by Gasteiger charge is 2.26. The lowest BCUT2D eigenvalue weighted by Crippen LogP contribution is -2.51. The van der Waals surface area contributed by atoms with E-state index in [0.29, 0.717) is 10.6 Å². The van der Waals surface area contributed by atoms with Gasteiger partial charge in [-0.3, -0.25) is 30.0 Å². The molecular weight excluding hydrogens is 324 g/mol. The first-order chi connectivity index (χ1) is 11.0. The molecule has 4 amide bonds. The molecule has 0 aliphatic heterocycles. The number of nitrogens with one attached hydrogen (secondary N) is 4. The van der Waals surface area contributed by atoms with E-state index in [4.69, 9.17) is 11.6 Å². The van der Waals surface area contributed by atoms with E-state index < -0.39 is 23.6 Å². The highest BCUT2D eigenvalue weighted by molar-refractivity contribution is 6.35. The summed E-state index contributed by atoms with van der Waals surface area (Å²) in [6, 6.07) is 6.27. The molecule has 8 nitrogen and oxygen atoms in total. The number of carbonyl (C=O) groups is 4. The van der Waals surface area contributed by atoms with Crippen molar-refractivity contribution < 1.29 is 19.2 Å². The van der Waals surface area contributed by atoms with Crippen molar-refractivity contribution in [2.24, 2.45) is 0 Å². The molecule has 1 aliphatic carbocycles. The molecule has 1 saturated carbocycles. The molecular formula is C14H15ClN4O4. The van der Waals surface area contributed by atoms with Gasteiger partial charge in [0.25, 0.3) is 11.8 Å². The largest absolute Gasteiger partial charge is 0.345 e. The predicted molar refractivity (Wildman–Crippen MR) is 81.2 cm³/mol. The first-order valence-corrected chi connectivity index (χ1v) is 7.27. The number of amides is 4. The van der Waals surface area contributed by atoms with Crippen LogP contribution in [0.15, 0.2) is 24.3 Å². The molecule has 1 aromatic carbocycles. The van der Waals surface area contributed by atoms with Crippen molar-refractivity contribution in [1.29, 1.82) is 0 Å². The zero-order valence-electron chi connectivity index (χ0n) is 12.0. The summed E-state index contributed by atoms with van der Waals surface area (Å²) in [5, 5.41) is 5.23. The van der Waals surface area contributed by atoms with Gasteiger partial charge in [-0.05, 0) is 31.0 Å². The van der Waals surface area contributed by atoms with Gasteiger partial charge in [-0.2, -0.15) is 0 Å². The fourth-order valence-corrected chi connectivity index (χ4v) is 1.79. The van der Waals surface area contributed by atoms with E-state index >= 15 is 0 Å². The molecule has 0 spiro atoms. The van der Waals surface area contributed by atoms with Gasteiger partial charge in [0.05, 0.1) is 6.54 Å². The van der Waals surface area contributed by atoms with E-state index in [1.165, 1.54) is 6.07 Å². The smallest absolute Gasteiger partial charge is 0.327 e. The molecule has 0 bridgehead atoms. The average Bonchev–Trinajstić information content (AvgIpc) is 3.34. The van der Waals surface area contributed by atoms with Crippen molar-refractivity contribution in [3.63, 3.8) is 0 Å². The van der Waals surface area contributed by atoms with Crippen LogP contribution in [0.25, 0.3) is 0 Å². The molecule has 1 aliphatic rings. The minimum Gasteiger partial charge on any atom is -0.345 e. The van der Waals surface area contributed by atoms with Gasteiger partial charge in [0.2, 0.25) is 0 Å². The second kappa shape index (κ2) is 7.59. The second-order valence-electron chi connectivity index (χ2n) is 4.94. The van der Waals surface area contributed by atoms with Crippen LogP contribution in [0.5, 0.6) is 0 Å². The number of hydrazine groups is 1. The minimum absolute atomic E-state index is 0.0425. The number of rotatable bonds is 4. The third kappa shape index (κ3) is 5.59. The van der Waals surface area contributed by atoms with Crippen LogP contribution in [0.3, 0.4) is 0 Å². The summed E-state index contributed by atoms with van der Waals surface area (Å²) in [7, 11) is 0. The molecule has 9 heteroatoms. The molecule has 4 N–H and O–H groups in total. The van der Waals surface area contributed by atoms with Crippen molar-refractivity contribution in [2.75, 3.05) is 6.54 Å². The lowest BCUT2D eigenvalue weighted by molar-refractivity contribution is -0.140. The Morgan fingerprint density at radius 1 is 1.09 bits per heavy atom. The molecule has 0 radical (unpaired) electrons. The first-order valence-electron chi connectivity index (χ1n) is 6.89. The number of halogens is 1. The Bertz CT molecular complexity index is 645. The molecule has 0 saturated heterocycles. The maximum absolute atomic E-state index is 11.8. The van der Waals surface area contributed by atoms with Gasteiger partial charge in [-0.15, -0.1) is 0 Å². The Labute approximate surface area is 136 Å². The molecule has 1 fully saturated rings. The van der Waals surface area contributed by atoms with Crippen LogP contribution >= 0.6 is 11.6 Å². The molecule has 23 heavy (non-hydrogen) atoms. The lowest BCUT2D eigenvalue weighted by atomic mass is 10.2. The molecule has 0 atom stereocenters. The predicted octanol–water partition coefficient (Wildman–Crippen LogP) is -0.504. The van der Waals surface area contributed by atoms with Gasteiger partial charge in [0, 0.05) is 16.6 Å². The molecule has 0 aromatic heterocycles. The van der Waals surface area contributed by atoms with Crippen LogP contribution in [-0.4, -0.2) is 36.2 Å². The summed E-state index contributed by atoms with van der Waals surface area (Å²) in [6.07, 6.45) is 1.70. The third-order valence-corrected chi connectivity index (χ3v) is 3.17. The summed E-state index contributed by atoms with van der Waals surface area (Å²) in [6.45, 7) is -0.365.